The van der Waals surface area contributed by atoms with Gasteiger partial charge >= 0.3 is 17.9 Å². The number of benzene rings is 1. The summed E-state index contributed by atoms with van der Waals surface area (Å²) in [4.78, 5) is 54.1. The summed E-state index contributed by atoms with van der Waals surface area (Å²) in [6.07, 6.45) is -0.144. The maximum absolute atomic E-state index is 15.0. The van der Waals surface area contributed by atoms with Crippen molar-refractivity contribution in [1.29, 1.82) is 0 Å². The maximum Gasteiger partial charge on any atom is 0.341 e. The first-order valence-corrected chi connectivity index (χ1v) is 10.1. The Morgan fingerprint density at radius 2 is 1.81 bits per heavy atom. The number of carbonyl (C=O) groups is 3. The molecule has 2 heterocycles. The Morgan fingerprint density at radius 1 is 1.16 bits per heavy atom. The molecule has 1 aliphatic rings. The highest BCUT2D eigenvalue weighted by Crippen LogP contribution is 2.32. The van der Waals surface area contributed by atoms with E-state index in [4.69, 9.17) is 14.3 Å². The molecule has 0 spiro atoms. The van der Waals surface area contributed by atoms with Crippen molar-refractivity contribution < 1.29 is 38.2 Å². The molecule has 1 aromatic heterocycles. The first kappa shape index (κ1) is 23.2. The number of carbonyl (C=O) groups excluding carboxylic acids is 2. The number of hydroxylamine groups is 1. The van der Waals surface area contributed by atoms with Crippen molar-refractivity contribution in [1.82, 2.24) is 4.57 Å². The quantitative estimate of drug-likeness (QED) is 0.628. The van der Waals surface area contributed by atoms with E-state index in [2.05, 4.69) is 0 Å². The molecule has 172 valence electrons. The number of rotatable bonds is 7. The molecule has 2 atom stereocenters. The van der Waals surface area contributed by atoms with Gasteiger partial charge in [-0.3, -0.25) is 14.4 Å². The van der Waals surface area contributed by atoms with Crippen molar-refractivity contribution in [3.05, 3.63) is 39.9 Å². The average molecular weight is 450 g/mol. The van der Waals surface area contributed by atoms with Crippen LogP contribution in [0.25, 0.3) is 10.9 Å². The van der Waals surface area contributed by atoms with E-state index < -0.39 is 46.7 Å². The van der Waals surface area contributed by atoms with Crippen LogP contribution in [-0.2, 0) is 30.4 Å². The Labute approximate surface area is 182 Å². The smallest absolute Gasteiger partial charge is 0.341 e. The minimum absolute atomic E-state index is 0.0628. The number of anilines is 1. The van der Waals surface area contributed by atoms with E-state index in [1.54, 1.807) is 20.8 Å². The van der Waals surface area contributed by atoms with Crippen molar-refractivity contribution in [3.63, 3.8) is 0 Å². The molecule has 0 amide bonds. The lowest BCUT2D eigenvalue weighted by Crippen LogP contribution is -2.35. The van der Waals surface area contributed by atoms with E-state index in [0.29, 0.717) is 6.54 Å². The van der Waals surface area contributed by atoms with Crippen LogP contribution in [0.4, 0.5) is 10.1 Å². The highest BCUT2D eigenvalue weighted by molar-refractivity contribution is 5.93. The molecule has 1 saturated heterocycles. The van der Waals surface area contributed by atoms with Crippen molar-refractivity contribution in [2.75, 3.05) is 24.8 Å². The summed E-state index contributed by atoms with van der Waals surface area (Å²) in [6.45, 7) is 5.22. The van der Waals surface area contributed by atoms with Gasteiger partial charge in [-0.1, -0.05) is 0 Å². The Balaban J connectivity index is 2.08. The zero-order valence-corrected chi connectivity index (χ0v) is 17.8. The summed E-state index contributed by atoms with van der Waals surface area (Å²) in [5.41, 5.74) is -1.15. The predicted octanol–water partition coefficient (Wildman–Crippen LogP) is 1.72. The molecule has 0 radical (unpaired) electrons. The lowest BCUT2D eigenvalue weighted by Gasteiger charge is -2.20. The van der Waals surface area contributed by atoms with E-state index in [1.165, 1.54) is 16.8 Å². The lowest BCUT2D eigenvalue weighted by molar-refractivity contribution is -0.163. The third-order valence-electron chi connectivity index (χ3n) is 5.07. The number of nitrogens with zero attached hydrogens (tertiary/aromatic N) is 2. The molecule has 0 unspecified atom stereocenters. The number of aryl methyl sites for hydroxylation is 1. The number of pyridine rings is 1. The Kier molecular flexibility index (Phi) is 6.78. The van der Waals surface area contributed by atoms with Crippen LogP contribution in [0.1, 0.15) is 31.1 Å². The number of halogens is 1. The first-order valence-electron chi connectivity index (χ1n) is 10.1. The maximum atomic E-state index is 15.0. The largest absolute Gasteiger partial charge is 0.477 e. The molecule has 0 saturated carbocycles. The zero-order chi connectivity index (χ0) is 23.6. The highest BCUT2D eigenvalue weighted by Gasteiger charge is 2.46. The number of ether oxygens (including phenoxy) is 2. The second kappa shape index (κ2) is 9.35. The van der Waals surface area contributed by atoms with E-state index >= 15 is 4.39 Å². The summed E-state index contributed by atoms with van der Waals surface area (Å²) in [5.74, 6) is -4.82. The number of esters is 2. The molecule has 1 aliphatic heterocycles. The van der Waals surface area contributed by atoms with Crippen LogP contribution >= 0.6 is 0 Å². The number of hydrogen-bond donors (Lipinski definition) is 1. The van der Waals surface area contributed by atoms with Crippen LogP contribution in [0.15, 0.2) is 23.1 Å². The molecular weight excluding hydrogens is 427 g/mol. The van der Waals surface area contributed by atoms with Crippen molar-refractivity contribution >= 4 is 34.5 Å². The summed E-state index contributed by atoms with van der Waals surface area (Å²) < 4.78 is 26.5. The standard InChI is InChI=1S/C21H23FN2O8/c1-4-23-9-12(19(26)27)17(25)11-7-14(22)16(8-15(11)23)24-10-13(20(28)30-5-2)18(32-24)21(29)31-6-3/h7-9,13,18H,4-6,10H2,1-3H3,(H,26,27)/t13-,18-/m0/s1. The lowest BCUT2D eigenvalue weighted by atomic mass is 10.0. The fraction of sp³-hybridized carbons (Fsp3) is 0.429. The van der Waals surface area contributed by atoms with Gasteiger partial charge in [0.1, 0.15) is 23.0 Å². The number of aromatic nitrogens is 1. The van der Waals surface area contributed by atoms with Gasteiger partial charge in [-0.2, -0.15) is 0 Å². The Bertz CT molecular complexity index is 1100. The molecular formula is C21H23FN2O8. The Hall–Kier alpha value is -3.47. The van der Waals surface area contributed by atoms with Crippen LogP contribution in [0.2, 0.25) is 0 Å². The summed E-state index contributed by atoms with van der Waals surface area (Å²) in [7, 11) is 0. The third kappa shape index (κ3) is 4.15. The third-order valence-corrected chi connectivity index (χ3v) is 5.07. The highest BCUT2D eigenvalue weighted by atomic mass is 19.1. The first-order chi connectivity index (χ1) is 15.2. The topological polar surface area (TPSA) is 124 Å². The molecule has 2 aromatic rings. The van der Waals surface area contributed by atoms with Gasteiger partial charge in [0.25, 0.3) is 0 Å². The van der Waals surface area contributed by atoms with E-state index in [9.17, 15) is 24.3 Å². The van der Waals surface area contributed by atoms with Gasteiger partial charge in [-0.25, -0.2) is 19.0 Å². The minimum atomic E-state index is -1.42. The van der Waals surface area contributed by atoms with Gasteiger partial charge in [0.05, 0.1) is 25.3 Å². The molecule has 3 rings (SSSR count). The van der Waals surface area contributed by atoms with E-state index in [1.807, 2.05) is 0 Å². The second-order valence-corrected chi connectivity index (χ2v) is 6.98. The van der Waals surface area contributed by atoms with Crippen LogP contribution in [-0.4, -0.2) is 53.4 Å². The van der Waals surface area contributed by atoms with Crippen molar-refractivity contribution in [2.45, 2.75) is 33.4 Å². The SMILES string of the molecule is CCOC(=O)[C@H]1CN(c2cc3c(cc2F)c(=O)c(C(=O)O)cn3CC)O[C@@H]1C(=O)OCC. The van der Waals surface area contributed by atoms with Crippen LogP contribution in [0.3, 0.4) is 0 Å². The van der Waals surface area contributed by atoms with Gasteiger partial charge in [-0.15, -0.1) is 0 Å². The van der Waals surface area contributed by atoms with Gasteiger partial charge < -0.3 is 19.1 Å². The fourth-order valence-corrected chi connectivity index (χ4v) is 3.57. The van der Waals surface area contributed by atoms with E-state index in [-0.39, 0.29) is 36.3 Å². The van der Waals surface area contributed by atoms with E-state index in [0.717, 1.165) is 11.1 Å². The number of fused-ring (bicyclic) bond motifs is 1. The summed E-state index contributed by atoms with van der Waals surface area (Å²) in [6, 6.07) is 2.24. The molecule has 1 fully saturated rings. The molecule has 10 nitrogen and oxygen atoms in total. The van der Waals surface area contributed by atoms with Crippen LogP contribution in [0.5, 0.6) is 0 Å². The number of carboxylic acids is 1. The minimum Gasteiger partial charge on any atom is -0.477 e. The number of carboxylic acid groups (broad SMARTS) is 1. The molecule has 1 aromatic carbocycles. The van der Waals surface area contributed by atoms with Gasteiger partial charge in [0.15, 0.2) is 6.10 Å². The zero-order valence-electron chi connectivity index (χ0n) is 17.8. The molecule has 1 N–H and O–H groups in total. The fourth-order valence-electron chi connectivity index (χ4n) is 3.57. The predicted molar refractivity (Wildman–Crippen MR) is 110 cm³/mol. The average Bonchev–Trinajstić information content (AvgIpc) is 3.19. The molecule has 0 aliphatic carbocycles. The van der Waals surface area contributed by atoms with Crippen LogP contribution in [0, 0.1) is 11.7 Å². The molecule has 11 heteroatoms. The summed E-state index contributed by atoms with van der Waals surface area (Å²) >= 11 is 0. The molecule has 0 bridgehead atoms. The van der Waals surface area contributed by atoms with Gasteiger partial charge in [-0.05, 0) is 32.9 Å². The van der Waals surface area contributed by atoms with Crippen LogP contribution < -0.4 is 10.5 Å². The normalized spacial score (nSPS) is 18.1. The number of aromatic carboxylic acids is 1. The van der Waals surface area contributed by atoms with Crippen molar-refractivity contribution in [2.24, 2.45) is 5.92 Å². The number of hydrogen-bond acceptors (Lipinski definition) is 8. The monoisotopic (exact) mass is 450 g/mol. The molecule has 32 heavy (non-hydrogen) atoms. The summed E-state index contributed by atoms with van der Waals surface area (Å²) in [5, 5.41) is 10.2. The van der Waals surface area contributed by atoms with Crippen molar-refractivity contribution in [3.8, 4) is 0 Å². The van der Waals surface area contributed by atoms with Gasteiger partial charge in [0.2, 0.25) is 5.43 Å². The second-order valence-electron chi connectivity index (χ2n) is 6.98. The Morgan fingerprint density at radius 3 is 2.41 bits per heavy atom. The van der Waals surface area contributed by atoms with Gasteiger partial charge in [0, 0.05) is 18.1 Å².